The SMILES string of the molecule is COc1ccc(C[C@H]2NC(=O)/C=C/C[C@@H](C(C#Cc3ccccc3)OS(C)(=O)=O)OC(=O)[C@H](CC(C)C)OC(=O)CCNC2=O)cc1. The highest BCUT2D eigenvalue weighted by Crippen LogP contribution is 2.18. The largest absolute Gasteiger partial charge is 0.497 e. The molecule has 252 valence electrons. The number of amides is 2. The van der Waals surface area contributed by atoms with Gasteiger partial charge in [-0.25, -0.2) is 8.98 Å². The summed E-state index contributed by atoms with van der Waals surface area (Å²) < 4.78 is 46.1. The summed E-state index contributed by atoms with van der Waals surface area (Å²) in [5.41, 5.74) is 1.29. The van der Waals surface area contributed by atoms with Gasteiger partial charge in [0, 0.05) is 24.9 Å². The molecule has 0 bridgehead atoms. The van der Waals surface area contributed by atoms with E-state index in [0.717, 1.165) is 17.9 Å². The van der Waals surface area contributed by atoms with Crippen LogP contribution in [0.4, 0.5) is 0 Å². The number of methoxy groups -OCH3 is 1. The first-order valence-electron chi connectivity index (χ1n) is 15.1. The third-order valence-corrected chi connectivity index (χ3v) is 7.29. The maximum Gasteiger partial charge on any atom is 0.347 e. The quantitative estimate of drug-likeness (QED) is 0.243. The lowest BCUT2D eigenvalue weighted by Crippen LogP contribution is -2.48. The first-order valence-corrected chi connectivity index (χ1v) is 16.9. The summed E-state index contributed by atoms with van der Waals surface area (Å²) >= 11 is 0. The summed E-state index contributed by atoms with van der Waals surface area (Å²) in [6.07, 6.45) is -1.03. The first-order chi connectivity index (χ1) is 22.3. The predicted molar refractivity (Wildman–Crippen MR) is 172 cm³/mol. The molecule has 0 radical (unpaired) electrons. The number of nitrogens with one attached hydrogen (secondary N) is 2. The summed E-state index contributed by atoms with van der Waals surface area (Å²) in [5, 5.41) is 5.29. The minimum Gasteiger partial charge on any atom is -0.497 e. The van der Waals surface area contributed by atoms with Gasteiger partial charge in [0.25, 0.3) is 10.1 Å². The molecule has 1 aliphatic heterocycles. The van der Waals surface area contributed by atoms with Crippen LogP contribution in [0.3, 0.4) is 0 Å². The highest BCUT2D eigenvalue weighted by molar-refractivity contribution is 7.86. The van der Waals surface area contributed by atoms with E-state index in [2.05, 4.69) is 22.5 Å². The maximum atomic E-state index is 13.4. The number of rotatable bonds is 8. The fraction of sp³-hybridized carbons (Fsp3) is 0.412. The Hall–Kier alpha value is -4.67. The van der Waals surface area contributed by atoms with E-state index >= 15 is 0 Å². The lowest BCUT2D eigenvalue weighted by atomic mass is 10.0. The summed E-state index contributed by atoms with van der Waals surface area (Å²) in [6.45, 7) is 3.53. The fourth-order valence-electron chi connectivity index (χ4n) is 4.49. The van der Waals surface area contributed by atoms with Crippen molar-refractivity contribution in [2.75, 3.05) is 19.9 Å². The molecule has 1 heterocycles. The Bertz CT molecular complexity index is 1580. The number of cyclic esters (lactones) is 2. The second-order valence-corrected chi connectivity index (χ2v) is 12.8. The summed E-state index contributed by atoms with van der Waals surface area (Å²) in [7, 11) is -2.57. The third kappa shape index (κ3) is 13.3. The van der Waals surface area contributed by atoms with E-state index in [1.807, 2.05) is 13.8 Å². The fourth-order valence-corrected chi connectivity index (χ4v) is 5.04. The molecule has 2 aromatic rings. The van der Waals surface area contributed by atoms with Gasteiger partial charge in [-0.05, 0) is 48.2 Å². The van der Waals surface area contributed by atoms with E-state index in [0.29, 0.717) is 11.3 Å². The Morgan fingerprint density at radius 1 is 1.00 bits per heavy atom. The average molecular weight is 669 g/mol. The van der Waals surface area contributed by atoms with Crippen molar-refractivity contribution in [3.63, 3.8) is 0 Å². The van der Waals surface area contributed by atoms with Crippen LogP contribution >= 0.6 is 0 Å². The van der Waals surface area contributed by atoms with Gasteiger partial charge in [-0.15, -0.1) is 0 Å². The minimum absolute atomic E-state index is 0.0904. The van der Waals surface area contributed by atoms with E-state index in [4.69, 9.17) is 18.4 Å². The molecule has 4 atom stereocenters. The summed E-state index contributed by atoms with van der Waals surface area (Å²) in [6, 6.07) is 14.7. The lowest BCUT2D eigenvalue weighted by Gasteiger charge is -2.25. The molecule has 0 fully saturated rings. The van der Waals surface area contributed by atoms with E-state index in [1.54, 1.807) is 54.6 Å². The monoisotopic (exact) mass is 668 g/mol. The van der Waals surface area contributed by atoms with Crippen molar-refractivity contribution in [3.05, 3.63) is 77.9 Å². The molecule has 2 amide bonds. The van der Waals surface area contributed by atoms with Crippen LogP contribution in [0.5, 0.6) is 5.75 Å². The maximum absolute atomic E-state index is 13.4. The van der Waals surface area contributed by atoms with Crippen LogP contribution in [0.1, 0.15) is 44.2 Å². The number of carbonyl (C=O) groups excluding carboxylic acids is 4. The highest BCUT2D eigenvalue weighted by Gasteiger charge is 2.33. The van der Waals surface area contributed by atoms with Gasteiger partial charge in [0.05, 0.1) is 19.8 Å². The molecule has 47 heavy (non-hydrogen) atoms. The van der Waals surface area contributed by atoms with Crippen LogP contribution in [0.25, 0.3) is 0 Å². The Morgan fingerprint density at radius 2 is 1.70 bits per heavy atom. The molecule has 2 aromatic carbocycles. The van der Waals surface area contributed by atoms with E-state index in [9.17, 15) is 27.6 Å². The topological polar surface area (TPSA) is 163 Å². The van der Waals surface area contributed by atoms with Crippen molar-refractivity contribution in [1.82, 2.24) is 10.6 Å². The molecule has 2 N–H and O–H groups in total. The van der Waals surface area contributed by atoms with Crippen LogP contribution in [0.2, 0.25) is 0 Å². The zero-order valence-electron chi connectivity index (χ0n) is 26.8. The molecular formula is C34H40N2O10S. The molecule has 0 spiro atoms. The Kier molecular flexibility index (Phi) is 14.0. The van der Waals surface area contributed by atoms with E-state index < -0.39 is 58.2 Å². The van der Waals surface area contributed by atoms with Gasteiger partial charge >= 0.3 is 11.9 Å². The van der Waals surface area contributed by atoms with Gasteiger partial charge in [-0.2, -0.15) is 8.42 Å². The number of esters is 2. The third-order valence-electron chi connectivity index (χ3n) is 6.74. The van der Waals surface area contributed by atoms with Crippen molar-refractivity contribution in [2.24, 2.45) is 5.92 Å². The standard InChI is InChI=1S/C34H40N2O10S/c1-23(2)21-30-34(40)45-28(29(46-47(4,41)42)18-15-24-9-6-5-7-10-24)11-8-12-31(37)36-27(33(39)35-20-19-32(38)44-30)22-25-13-16-26(43-3)17-14-25/h5-10,12-14,16-17,23,27-30H,11,19-22H2,1-4H3,(H,35,39)(H,36,37)/b12-8+/t27-,28+,29?,30+/m1/s1. The summed E-state index contributed by atoms with van der Waals surface area (Å²) in [5.74, 6) is 3.22. The molecule has 0 aliphatic carbocycles. The Morgan fingerprint density at radius 3 is 2.34 bits per heavy atom. The number of ether oxygens (including phenoxy) is 3. The van der Waals surface area contributed by atoms with Crippen LogP contribution in [0, 0.1) is 17.8 Å². The van der Waals surface area contributed by atoms with Crippen LogP contribution in [-0.2, 0) is 49.4 Å². The Labute approximate surface area is 275 Å². The molecule has 0 saturated heterocycles. The molecule has 1 aliphatic rings. The smallest absolute Gasteiger partial charge is 0.347 e. The predicted octanol–water partition coefficient (Wildman–Crippen LogP) is 2.45. The second-order valence-electron chi connectivity index (χ2n) is 11.2. The van der Waals surface area contributed by atoms with Gasteiger partial charge in [-0.1, -0.05) is 62.1 Å². The average Bonchev–Trinajstić information content (AvgIpc) is 3.01. The summed E-state index contributed by atoms with van der Waals surface area (Å²) in [4.78, 5) is 52.3. The molecule has 12 nitrogen and oxygen atoms in total. The molecular weight excluding hydrogens is 628 g/mol. The molecule has 1 unspecified atom stereocenters. The van der Waals surface area contributed by atoms with Crippen molar-refractivity contribution >= 4 is 33.9 Å². The highest BCUT2D eigenvalue weighted by atomic mass is 32.2. The zero-order chi connectivity index (χ0) is 34.4. The van der Waals surface area contributed by atoms with Crippen molar-refractivity contribution < 1.29 is 46.0 Å². The van der Waals surface area contributed by atoms with Crippen molar-refractivity contribution in [2.45, 2.75) is 63.9 Å². The van der Waals surface area contributed by atoms with Crippen molar-refractivity contribution in [3.8, 4) is 17.6 Å². The molecule has 13 heteroatoms. The number of carbonyl (C=O) groups is 4. The van der Waals surface area contributed by atoms with Crippen LogP contribution in [0.15, 0.2) is 66.7 Å². The lowest BCUT2D eigenvalue weighted by molar-refractivity contribution is -0.174. The normalized spacial score (nSPS) is 21.3. The number of hydrogen-bond acceptors (Lipinski definition) is 10. The second kappa shape index (κ2) is 17.9. The number of benzene rings is 2. The van der Waals surface area contributed by atoms with Crippen LogP contribution in [-0.4, -0.2) is 76.4 Å². The molecule has 0 aromatic heterocycles. The van der Waals surface area contributed by atoms with Gasteiger partial charge < -0.3 is 24.8 Å². The van der Waals surface area contributed by atoms with Crippen LogP contribution < -0.4 is 15.4 Å². The molecule has 3 rings (SSSR count). The first kappa shape index (κ1) is 36.8. The van der Waals surface area contributed by atoms with Gasteiger partial charge in [-0.3, -0.25) is 14.4 Å². The van der Waals surface area contributed by atoms with Gasteiger partial charge in [0.2, 0.25) is 11.8 Å². The minimum atomic E-state index is -4.10. The Balaban J connectivity index is 1.97. The van der Waals surface area contributed by atoms with Gasteiger partial charge in [0.15, 0.2) is 12.2 Å². The zero-order valence-corrected chi connectivity index (χ0v) is 27.6. The van der Waals surface area contributed by atoms with Crippen molar-refractivity contribution in [1.29, 1.82) is 0 Å². The van der Waals surface area contributed by atoms with E-state index in [1.165, 1.54) is 13.2 Å². The van der Waals surface area contributed by atoms with E-state index in [-0.39, 0.29) is 38.1 Å². The molecule has 0 saturated carbocycles. The van der Waals surface area contributed by atoms with Gasteiger partial charge in [0.1, 0.15) is 17.9 Å². The number of hydrogen-bond donors (Lipinski definition) is 2.